The van der Waals surface area contributed by atoms with Crippen molar-refractivity contribution < 1.29 is 0 Å². The molecule has 3 heterocycles. The zero-order valence-corrected chi connectivity index (χ0v) is 15.0. The van der Waals surface area contributed by atoms with E-state index in [4.69, 9.17) is 4.98 Å². The molecule has 1 aliphatic heterocycles. The second kappa shape index (κ2) is 7.62. The third kappa shape index (κ3) is 3.89. The number of aromatic nitrogens is 3. The first-order valence-electron chi connectivity index (χ1n) is 9.08. The molecule has 132 valence electrons. The minimum atomic E-state index is 0.338. The number of pyridine rings is 1. The molecule has 1 atom stereocenters. The highest BCUT2D eigenvalue weighted by molar-refractivity contribution is 5.47. The van der Waals surface area contributed by atoms with Crippen LogP contribution in [0.3, 0.4) is 0 Å². The average Bonchev–Trinajstić information content (AvgIpc) is 3.13. The Bertz CT molecular complexity index is 848. The molecule has 0 saturated carbocycles. The highest BCUT2D eigenvalue weighted by atomic mass is 15.2. The van der Waals surface area contributed by atoms with Crippen LogP contribution in [0.5, 0.6) is 0 Å². The van der Waals surface area contributed by atoms with Crippen molar-refractivity contribution >= 4 is 11.8 Å². The fraction of sp³-hybridized carbons (Fsp3) is 0.286. The van der Waals surface area contributed by atoms with Crippen LogP contribution in [0, 0.1) is 6.92 Å². The van der Waals surface area contributed by atoms with E-state index in [1.54, 1.807) is 0 Å². The molecule has 0 amide bonds. The molecule has 1 fully saturated rings. The zero-order valence-electron chi connectivity index (χ0n) is 15.0. The van der Waals surface area contributed by atoms with Gasteiger partial charge in [-0.1, -0.05) is 36.4 Å². The molecule has 0 bridgehead atoms. The van der Waals surface area contributed by atoms with Gasteiger partial charge in [-0.25, -0.2) is 15.0 Å². The number of hydrogen-bond donors (Lipinski definition) is 1. The SMILES string of the molecule is Cc1ccc(Nc2nccc(C3CCCN3Cc3ccccc3)n2)nc1. The van der Waals surface area contributed by atoms with Gasteiger partial charge in [-0.2, -0.15) is 0 Å². The van der Waals surface area contributed by atoms with Gasteiger partial charge in [-0.15, -0.1) is 0 Å². The summed E-state index contributed by atoms with van der Waals surface area (Å²) < 4.78 is 0. The van der Waals surface area contributed by atoms with Crippen molar-refractivity contribution in [2.75, 3.05) is 11.9 Å². The van der Waals surface area contributed by atoms with Crippen LogP contribution in [-0.4, -0.2) is 26.4 Å². The second-order valence-electron chi connectivity index (χ2n) is 6.77. The van der Waals surface area contributed by atoms with Crippen LogP contribution < -0.4 is 5.32 Å². The Morgan fingerprint density at radius 1 is 1.08 bits per heavy atom. The van der Waals surface area contributed by atoms with Crippen molar-refractivity contribution in [2.24, 2.45) is 0 Å². The molecule has 26 heavy (non-hydrogen) atoms. The maximum atomic E-state index is 4.76. The third-order valence-electron chi connectivity index (χ3n) is 4.76. The van der Waals surface area contributed by atoms with Crippen molar-refractivity contribution in [3.05, 3.63) is 77.7 Å². The molecule has 4 rings (SSSR count). The van der Waals surface area contributed by atoms with Crippen molar-refractivity contribution in [3.63, 3.8) is 0 Å². The summed E-state index contributed by atoms with van der Waals surface area (Å²) in [5.41, 5.74) is 3.55. The summed E-state index contributed by atoms with van der Waals surface area (Å²) in [4.78, 5) is 16.0. The van der Waals surface area contributed by atoms with Crippen molar-refractivity contribution in [1.29, 1.82) is 0 Å². The number of likely N-dealkylation sites (tertiary alicyclic amines) is 1. The van der Waals surface area contributed by atoms with Gasteiger partial charge in [0.1, 0.15) is 5.82 Å². The highest BCUT2D eigenvalue weighted by Crippen LogP contribution is 2.32. The maximum absolute atomic E-state index is 4.76. The van der Waals surface area contributed by atoms with E-state index in [2.05, 4.69) is 50.5 Å². The van der Waals surface area contributed by atoms with Crippen LogP contribution in [0.25, 0.3) is 0 Å². The second-order valence-corrected chi connectivity index (χ2v) is 6.77. The lowest BCUT2D eigenvalue weighted by atomic mass is 10.1. The van der Waals surface area contributed by atoms with Gasteiger partial charge < -0.3 is 5.32 Å². The normalized spacial score (nSPS) is 17.3. The monoisotopic (exact) mass is 345 g/mol. The van der Waals surface area contributed by atoms with Gasteiger partial charge in [0.25, 0.3) is 0 Å². The number of benzene rings is 1. The van der Waals surface area contributed by atoms with Crippen molar-refractivity contribution in [3.8, 4) is 0 Å². The molecule has 5 nitrogen and oxygen atoms in total. The largest absolute Gasteiger partial charge is 0.309 e. The van der Waals surface area contributed by atoms with Gasteiger partial charge in [0.05, 0.1) is 11.7 Å². The maximum Gasteiger partial charge on any atom is 0.228 e. The summed E-state index contributed by atoms with van der Waals surface area (Å²) in [5.74, 6) is 1.37. The lowest BCUT2D eigenvalue weighted by Crippen LogP contribution is -2.23. The number of nitrogens with one attached hydrogen (secondary N) is 1. The van der Waals surface area contributed by atoms with E-state index in [-0.39, 0.29) is 0 Å². The lowest BCUT2D eigenvalue weighted by molar-refractivity contribution is 0.244. The Balaban J connectivity index is 1.50. The molecule has 0 radical (unpaired) electrons. The molecule has 1 unspecified atom stereocenters. The summed E-state index contributed by atoms with van der Waals surface area (Å²) in [6, 6.07) is 17.0. The van der Waals surface area contributed by atoms with Gasteiger partial charge in [0.2, 0.25) is 5.95 Å². The number of rotatable bonds is 5. The summed E-state index contributed by atoms with van der Waals surface area (Å²) in [6.45, 7) is 4.08. The van der Waals surface area contributed by atoms with E-state index >= 15 is 0 Å². The number of hydrogen-bond acceptors (Lipinski definition) is 5. The van der Waals surface area contributed by atoms with Crippen LogP contribution in [-0.2, 0) is 6.54 Å². The molecule has 0 spiro atoms. The van der Waals surface area contributed by atoms with Crippen LogP contribution in [0.15, 0.2) is 60.9 Å². The quantitative estimate of drug-likeness (QED) is 0.749. The molecule has 1 aliphatic rings. The Kier molecular flexibility index (Phi) is 4.88. The molecule has 0 aliphatic carbocycles. The van der Waals surface area contributed by atoms with Crippen LogP contribution in [0.2, 0.25) is 0 Å². The van der Waals surface area contributed by atoms with E-state index in [1.807, 2.05) is 37.5 Å². The fourth-order valence-corrected chi connectivity index (χ4v) is 3.44. The van der Waals surface area contributed by atoms with E-state index in [1.165, 1.54) is 12.0 Å². The number of anilines is 2. The molecule has 1 aromatic carbocycles. The van der Waals surface area contributed by atoms with E-state index < -0.39 is 0 Å². The molecule has 5 heteroatoms. The summed E-state index contributed by atoms with van der Waals surface area (Å²) >= 11 is 0. The van der Waals surface area contributed by atoms with Gasteiger partial charge in [0, 0.05) is 18.9 Å². The van der Waals surface area contributed by atoms with Gasteiger partial charge in [0.15, 0.2) is 0 Å². The lowest BCUT2D eigenvalue weighted by Gasteiger charge is -2.24. The Morgan fingerprint density at radius 2 is 1.96 bits per heavy atom. The Hall–Kier alpha value is -2.79. The van der Waals surface area contributed by atoms with E-state index in [0.29, 0.717) is 12.0 Å². The smallest absolute Gasteiger partial charge is 0.228 e. The van der Waals surface area contributed by atoms with Gasteiger partial charge in [-0.05, 0) is 49.6 Å². The standard InChI is InChI=1S/C21H23N5/c1-16-9-10-20(23-14-16)25-21-22-12-11-18(24-21)19-8-5-13-26(19)15-17-6-3-2-4-7-17/h2-4,6-7,9-12,14,19H,5,8,13,15H2,1H3,(H,22,23,24,25). The first-order valence-corrected chi connectivity index (χ1v) is 9.08. The fourth-order valence-electron chi connectivity index (χ4n) is 3.44. The highest BCUT2D eigenvalue weighted by Gasteiger charge is 2.27. The first-order chi connectivity index (χ1) is 12.8. The minimum Gasteiger partial charge on any atom is -0.309 e. The average molecular weight is 345 g/mol. The van der Waals surface area contributed by atoms with Crippen LogP contribution >= 0.6 is 0 Å². The molecule has 3 aromatic rings. The first kappa shape index (κ1) is 16.7. The molecule has 1 saturated heterocycles. The summed E-state index contributed by atoms with van der Waals surface area (Å²) in [7, 11) is 0. The molecular formula is C21H23N5. The number of nitrogens with zero attached hydrogens (tertiary/aromatic N) is 4. The van der Waals surface area contributed by atoms with Crippen molar-refractivity contribution in [2.45, 2.75) is 32.4 Å². The Labute approximate surface area is 154 Å². The minimum absolute atomic E-state index is 0.338. The third-order valence-corrected chi connectivity index (χ3v) is 4.76. The summed E-state index contributed by atoms with van der Waals surface area (Å²) in [5, 5.41) is 3.21. The topological polar surface area (TPSA) is 53.9 Å². The van der Waals surface area contributed by atoms with Crippen LogP contribution in [0.4, 0.5) is 11.8 Å². The molecular weight excluding hydrogens is 322 g/mol. The predicted molar refractivity (Wildman–Crippen MR) is 103 cm³/mol. The van der Waals surface area contributed by atoms with E-state index in [0.717, 1.165) is 36.6 Å². The van der Waals surface area contributed by atoms with Gasteiger partial charge >= 0.3 is 0 Å². The number of aryl methyl sites for hydroxylation is 1. The van der Waals surface area contributed by atoms with E-state index in [9.17, 15) is 0 Å². The van der Waals surface area contributed by atoms with Gasteiger partial charge in [-0.3, -0.25) is 4.90 Å². The predicted octanol–water partition coefficient (Wildman–Crippen LogP) is 4.26. The van der Waals surface area contributed by atoms with Crippen LogP contribution in [0.1, 0.15) is 35.7 Å². The zero-order chi connectivity index (χ0) is 17.8. The molecule has 2 aromatic heterocycles. The Morgan fingerprint density at radius 3 is 2.77 bits per heavy atom. The summed E-state index contributed by atoms with van der Waals surface area (Å²) in [6.07, 6.45) is 6.00. The molecule has 1 N–H and O–H groups in total. The van der Waals surface area contributed by atoms with Crippen molar-refractivity contribution in [1.82, 2.24) is 19.9 Å².